The topological polar surface area (TPSA) is 46.6 Å². The summed E-state index contributed by atoms with van der Waals surface area (Å²) in [5.41, 5.74) is 1.77. The molecular weight excluding hydrogens is 450 g/mol. The maximum absolute atomic E-state index is 12.2. The third kappa shape index (κ3) is 4.75. The zero-order valence-corrected chi connectivity index (χ0v) is 17.1. The number of terminal acetylenes is 1. The van der Waals surface area contributed by atoms with Gasteiger partial charge in [-0.3, -0.25) is 14.5 Å². The van der Waals surface area contributed by atoms with E-state index in [9.17, 15) is 9.59 Å². The van der Waals surface area contributed by atoms with Crippen LogP contribution < -0.4 is 4.74 Å². The molecule has 0 aliphatic carbocycles. The quantitative estimate of drug-likeness (QED) is 0.444. The number of amides is 2. The highest BCUT2D eigenvalue weighted by Crippen LogP contribution is 2.33. The van der Waals surface area contributed by atoms with E-state index in [2.05, 4.69) is 21.9 Å². The van der Waals surface area contributed by atoms with Crippen LogP contribution in [0.25, 0.3) is 6.08 Å². The van der Waals surface area contributed by atoms with Gasteiger partial charge >= 0.3 is 0 Å². The summed E-state index contributed by atoms with van der Waals surface area (Å²) in [7, 11) is 0. The summed E-state index contributed by atoms with van der Waals surface area (Å²) in [4.78, 5) is 25.4. The predicted octanol–water partition coefficient (Wildman–Crippen LogP) is 5.35. The first kappa shape index (κ1) is 19.6. The van der Waals surface area contributed by atoms with Crippen LogP contribution in [0.2, 0.25) is 5.02 Å². The van der Waals surface area contributed by atoms with Crippen molar-refractivity contribution in [3.8, 4) is 18.1 Å². The molecule has 2 aromatic carbocycles. The third-order valence-electron chi connectivity index (χ3n) is 3.68. The van der Waals surface area contributed by atoms with Crippen molar-refractivity contribution in [1.29, 1.82) is 0 Å². The van der Waals surface area contributed by atoms with Crippen LogP contribution in [-0.2, 0) is 11.4 Å². The number of hydrogen-bond acceptors (Lipinski definition) is 4. The second-order valence-corrected chi connectivity index (χ2v) is 7.86. The molecule has 1 aliphatic heterocycles. The second-order valence-electron chi connectivity index (χ2n) is 5.58. The molecule has 1 fully saturated rings. The summed E-state index contributed by atoms with van der Waals surface area (Å²) < 4.78 is 6.55. The predicted molar refractivity (Wildman–Crippen MR) is 111 cm³/mol. The normalized spacial score (nSPS) is 15.3. The number of halogens is 2. The van der Waals surface area contributed by atoms with E-state index in [0.717, 1.165) is 32.3 Å². The summed E-state index contributed by atoms with van der Waals surface area (Å²) in [5, 5.41) is 0.321. The second kappa shape index (κ2) is 8.66. The smallest absolute Gasteiger partial charge is 0.294 e. The fourth-order valence-corrected chi connectivity index (χ4v) is 3.82. The zero-order chi connectivity index (χ0) is 19.4. The lowest BCUT2D eigenvalue weighted by molar-refractivity contribution is -0.122. The number of hydrogen-bond donors (Lipinski definition) is 0. The molecule has 0 atom stereocenters. The molecule has 1 heterocycles. The Morgan fingerprint density at radius 2 is 1.96 bits per heavy atom. The van der Waals surface area contributed by atoms with Crippen LogP contribution in [-0.4, -0.2) is 22.6 Å². The van der Waals surface area contributed by atoms with E-state index in [1.165, 1.54) is 0 Å². The van der Waals surface area contributed by atoms with E-state index in [0.29, 0.717) is 22.3 Å². The Kier molecular flexibility index (Phi) is 6.27. The van der Waals surface area contributed by atoms with Crippen LogP contribution >= 0.6 is 39.3 Å². The first-order valence-electron chi connectivity index (χ1n) is 7.83. The Morgan fingerprint density at radius 1 is 1.22 bits per heavy atom. The van der Waals surface area contributed by atoms with Gasteiger partial charge in [-0.1, -0.05) is 35.7 Å². The molecule has 0 saturated carbocycles. The summed E-state index contributed by atoms with van der Waals surface area (Å²) in [6, 6.07) is 12.9. The van der Waals surface area contributed by atoms with Crippen LogP contribution in [0.4, 0.5) is 4.79 Å². The van der Waals surface area contributed by atoms with E-state index < -0.39 is 0 Å². The van der Waals surface area contributed by atoms with Gasteiger partial charge in [0.2, 0.25) is 0 Å². The minimum atomic E-state index is -0.373. The van der Waals surface area contributed by atoms with E-state index in [1.807, 2.05) is 36.4 Å². The van der Waals surface area contributed by atoms with Gasteiger partial charge < -0.3 is 4.74 Å². The van der Waals surface area contributed by atoms with Crippen LogP contribution in [0, 0.1) is 12.3 Å². The van der Waals surface area contributed by atoms with Gasteiger partial charge in [-0.05, 0) is 69.2 Å². The molecular formula is C20H13BrClNO3S. The first-order chi connectivity index (χ1) is 13.0. The molecule has 0 bridgehead atoms. The van der Waals surface area contributed by atoms with Gasteiger partial charge in [0.1, 0.15) is 12.4 Å². The number of carbonyl (C=O) groups excluding carboxylic acids is 2. The molecule has 0 N–H and O–H groups in total. The Bertz CT molecular complexity index is 966. The SMILES string of the molecule is C#CCN1C(=O)S/C(=C/c2ccc(OCc3ccc(Cl)cc3)c(Br)c2)C1=O. The zero-order valence-electron chi connectivity index (χ0n) is 13.9. The van der Waals surface area contributed by atoms with Crippen molar-refractivity contribution in [1.82, 2.24) is 4.90 Å². The van der Waals surface area contributed by atoms with Crippen LogP contribution in [0.3, 0.4) is 0 Å². The maximum Gasteiger partial charge on any atom is 0.294 e. The van der Waals surface area contributed by atoms with Gasteiger partial charge in [0.25, 0.3) is 11.1 Å². The molecule has 7 heteroatoms. The third-order valence-corrected chi connectivity index (χ3v) is 5.46. The van der Waals surface area contributed by atoms with E-state index in [-0.39, 0.29) is 17.7 Å². The van der Waals surface area contributed by atoms with Gasteiger partial charge in [0.05, 0.1) is 15.9 Å². The monoisotopic (exact) mass is 461 g/mol. The van der Waals surface area contributed by atoms with Crippen molar-refractivity contribution in [2.24, 2.45) is 0 Å². The van der Waals surface area contributed by atoms with Crippen molar-refractivity contribution in [3.05, 3.63) is 68.0 Å². The number of rotatable bonds is 5. The molecule has 4 nitrogen and oxygen atoms in total. The molecule has 1 saturated heterocycles. The Labute approximate surface area is 174 Å². The Hall–Kier alpha value is -2.20. The summed E-state index contributed by atoms with van der Waals surface area (Å²) in [5.74, 6) is 2.61. The largest absolute Gasteiger partial charge is 0.488 e. The van der Waals surface area contributed by atoms with Gasteiger partial charge in [-0.15, -0.1) is 6.42 Å². The molecule has 0 spiro atoms. The molecule has 136 valence electrons. The lowest BCUT2D eigenvalue weighted by Crippen LogP contribution is -2.28. The summed E-state index contributed by atoms with van der Waals surface area (Å²) in [6.07, 6.45) is 6.86. The molecule has 3 rings (SSSR count). The van der Waals surface area contributed by atoms with Crippen LogP contribution in [0.15, 0.2) is 51.8 Å². The number of benzene rings is 2. The number of ether oxygens (including phenoxy) is 1. The average molecular weight is 463 g/mol. The standard InChI is InChI=1S/C20H13BrClNO3S/c1-2-9-23-19(24)18(27-20(23)25)11-14-5-8-17(16(21)10-14)26-12-13-3-6-15(22)7-4-13/h1,3-8,10-11H,9,12H2/b18-11+. The van der Waals surface area contributed by atoms with E-state index in [1.54, 1.807) is 12.1 Å². The molecule has 27 heavy (non-hydrogen) atoms. The highest BCUT2D eigenvalue weighted by Gasteiger charge is 2.34. The van der Waals surface area contributed by atoms with Gasteiger partial charge in [0.15, 0.2) is 0 Å². The van der Waals surface area contributed by atoms with Crippen molar-refractivity contribution in [2.75, 3.05) is 6.54 Å². The highest BCUT2D eigenvalue weighted by atomic mass is 79.9. The maximum atomic E-state index is 12.2. The van der Waals surface area contributed by atoms with E-state index >= 15 is 0 Å². The lowest BCUT2D eigenvalue weighted by atomic mass is 10.2. The Balaban J connectivity index is 1.71. The average Bonchev–Trinajstić information content (AvgIpc) is 2.90. The molecule has 2 aromatic rings. The summed E-state index contributed by atoms with van der Waals surface area (Å²) in [6.45, 7) is 0.378. The highest BCUT2D eigenvalue weighted by molar-refractivity contribution is 9.10. The minimum Gasteiger partial charge on any atom is -0.488 e. The molecule has 0 unspecified atom stereocenters. The van der Waals surface area contributed by atoms with Gasteiger partial charge in [-0.25, -0.2) is 0 Å². The molecule has 0 aromatic heterocycles. The molecule has 0 radical (unpaired) electrons. The number of nitrogens with zero attached hydrogens (tertiary/aromatic N) is 1. The number of imide groups is 1. The van der Waals surface area contributed by atoms with Crippen molar-refractivity contribution in [2.45, 2.75) is 6.61 Å². The van der Waals surface area contributed by atoms with E-state index in [4.69, 9.17) is 22.8 Å². The van der Waals surface area contributed by atoms with Crippen molar-refractivity contribution in [3.63, 3.8) is 0 Å². The first-order valence-corrected chi connectivity index (χ1v) is 9.82. The fraction of sp³-hybridized carbons (Fsp3) is 0.100. The van der Waals surface area contributed by atoms with Crippen LogP contribution in [0.1, 0.15) is 11.1 Å². The van der Waals surface area contributed by atoms with Crippen molar-refractivity contribution >= 4 is 56.5 Å². The fourth-order valence-electron chi connectivity index (χ4n) is 2.34. The van der Waals surface area contributed by atoms with Crippen molar-refractivity contribution < 1.29 is 14.3 Å². The lowest BCUT2D eigenvalue weighted by Gasteiger charge is -2.09. The minimum absolute atomic E-state index is 0.0246. The van der Waals surface area contributed by atoms with Gasteiger partial charge in [0, 0.05) is 5.02 Å². The Morgan fingerprint density at radius 3 is 2.63 bits per heavy atom. The van der Waals surface area contributed by atoms with Crippen LogP contribution in [0.5, 0.6) is 5.75 Å². The summed E-state index contributed by atoms with van der Waals surface area (Å²) >= 11 is 10.2. The number of carbonyl (C=O) groups is 2. The molecule has 1 aliphatic rings. The number of thioether (sulfide) groups is 1. The van der Waals surface area contributed by atoms with Gasteiger partial charge in [-0.2, -0.15) is 0 Å². The molecule has 2 amide bonds.